The van der Waals surface area contributed by atoms with Crippen LogP contribution in [-0.2, 0) is 0 Å². The van der Waals surface area contributed by atoms with E-state index in [2.05, 4.69) is 252 Å². The van der Waals surface area contributed by atoms with Crippen LogP contribution in [0, 0.1) is 0 Å². The van der Waals surface area contributed by atoms with E-state index in [9.17, 15) is 0 Å². The zero-order valence-corrected chi connectivity index (χ0v) is 34.4. The van der Waals surface area contributed by atoms with E-state index in [-0.39, 0.29) is 0 Å². The summed E-state index contributed by atoms with van der Waals surface area (Å²) in [5.74, 6) is 0. The van der Waals surface area contributed by atoms with Crippen molar-refractivity contribution in [3.63, 3.8) is 0 Å². The van der Waals surface area contributed by atoms with E-state index in [1.807, 2.05) is 0 Å². The van der Waals surface area contributed by atoms with Gasteiger partial charge in [-0.2, -0.15) is 0 Å². The van der Waals surface area contributed by atoms with E-state index in [4.69, 9.17) is 0 Å². The van der Waals surface area contributed by atoms with Crippen molar-refractivity contribution < 1.29 is 0 Å². The average Bonchev–Trinajstić information content (AvgIpc) is 3.36. The van der Waals surface area contributed by atoms with E-state index in [0.29, 0.717) is 0 Å². The van der Waals surface area contributed by atoms with Crippen molar-refractivity contribution in [2.24, 2.45) is 0 Å². The van der Waals surface area contributed by atoms with Gasteiger partial charge in [-0.3, -0.25) is 0 Å². The Bertz CT molecular complexity index is 3200. The molecule has 10 aromatic carbocycles. The summed E-state index contributed by atoms with van der Waals surface area (Å²) in [5, 5.41) is 7.54. The highest BCUT2D eigenvalue weighted by atomic mass is 15.1. The molecular weight excluding hydrogens is 749 g/mol. The quantitative estimate of drug-likeness (QED) is 0.134. The summed E-state index contributed by atoms with van der Waals surface area (Å²) in [6.45, 7) is 0. The molecule has 0 saturated heterocycles. The molecule has 1 aliphatic rings. The van der Waals surface area contributed by atoms with Crippen LogP contribution in [-0.4, -0.2) is 0 Å². The standard InChI is InChI=1S/C60H44N2/c1-6-20-43(21-7-1)56-42-57(44-34-38-50(39-35-44)61(46-22-8-2-9-23-46)47-24-10-3-11-25-47)59-54-32-18-16-30-52(54)53-31-17-19-33-55(53)60(59)58(56)45-36-40-51(41-37-45)62(48-26-12-4-13-27-48)49-28-14-5-15-29-49/h1-4,6-14,16-42H,5,15H2. The highest BCUT2D eigenvalue weighted by Crippen LogP contribution is 2.50. The number of hydrogen-bond donors (Lipinski definition) is 0. The van der Waals surface area contributed by atoms with Crippen molar-refractivity contribution in [3.05, 3.63) is 248 Å². The summed E-state index contributed by atoms with van der Waals surface area (Å²) >= 11 is 0. The summed E-state index contributed by atoms with van der Waals surface area (Å²) in [7, 11) is 0. The van der Waals surface area contributed by atoms with Gasteiger partial charge in [0, 0.05) is 34.1 Å². The minimum absolute atomic E-state index is 1.04. The average molecular weight is 793 g/mol. The molecule has 1 aliphatic carbocycles. The van der Waals surface area contributed by atoms with E-state index in [1.54, 1.807) is 0 Å². The van der Waals surface area contributed by atoms with E-state index < -0.39 is 0 Å². The summed E-state index contributed by atoms with van der Waals surface area (Å²) in [4.78, 5) is 4.70. The van der Waals surface area contributed by atoms with Crippen LogP contribution in [0.25, 0.3) is 65.7 Å². The third-order valence-electron chi connectivity index (χ3n) is 12.2. The van der Waals surface area contributed by atoms with Gasteiger partial charge < -0.3 is 9.80 Å². The van der Waals surface area contributed by atoms with Crippen molar-refractivity contribution >= 4 is 60.8 Å². The molecule has 10 aromatic rings. The number of allylic oxidation sites excluding steroid dienone is 3. The van der Waals surface area contributed by atoms with Crippen molar-refractivity contribution in [1.82, 2.24) is 0 Å². The van der Waals surface area contributed by atoms with Gasteiger partial charge >= 0.3 is 0 Å². The zero-order chi connectivity index (χ0) is 41.2. The molecule has 0 atom stereocenters. The van der Waals surface area contributed by atoms with Gasteiger partial charge in [0.2, 0.25) is 0 Å². The van der Waals surface area contributed by atoms with Crippen LogP contribution in [0.3, 0.4) is 0 Å². The predicted octanol–water partition coefficient (Wildman–Crippen LogP) is 17.0. The highest BCUT2D eigenvalue weighted by molar-refractivity contribution is 6.33. The molecule has 0 fully saturated rings. The minimum Gasteiger partial charge on any atom is -0.311 e. The lowest BCUT2D eigenvalue weighted by atomic mass is 9.81. The predicted molar refractivity (Wildman–Crippen MR) is 265 cm³/mol. The number of benzene rings is 10. The smallest absolute Gasteiger partial charge is 0.0462 e. The molecule has 62 heavy (non-hydrogen) atoms. The molecule has 294 valence electrons. The molecule has 0 amide bonds. The normalized spacial score (nSPS) is 12.4. The third-order valence-corrected chi connectivity index (χ3v) is 12.2. The van der Waals surface area contributed by atoms with Gasteiger partial charge in [-0.15, -0.1) is 0 Å². The minimum atomic E-state index is 1.04. The monoisotopic (exact) mass is 792 g/mol. The first-order valence-corrected chi connectivity index (χ1v) is 21.6. The molecular formula is C60H44N2. The Morgan fingerprint density at radius 1 is 0.306 bits per heavy atom. The van der Waals surface area contributed by atoms with Crippen molar-refractivity contribution in [1.29, 1.82) is 0 Å². The van der Waals surface area contributed by atoms with Gasteiger partial charge in [0.1, 0.15) is 0 Å². The van der Waals surface area contributed by atoms with Gasteiger partial charge in [0.25, 0.3) is 0 Å². The number of para-hydroxylation sites is 3. The van der Waals surface area contributed by atoms with Crippen LogP contribution in [0.2, 0.25) is 0 Å². The van der Waals surface area contributed by atoms with Crippen molar-refractivity contribution in [2.45, 2.75) is 12.8 Å². The lowest BCUT2D eigenvalue weighted by Crippen LogP contribution is -2.16. The molecule has 0 unspecified atom stereocenters. The third kappa shape index (κ3) is 6.73. The Kier molecular flexibility index (Phi) is 9.72. The molecule has 0 radical (unpaired) electrons. The zero-order valence-electron chi connectivity index (χ0n) is 34.4. The van der Waals surface area contributed by atoms with Gasteiger partial charge in [-0.25, -0.2) is 0 Å². The van der Waals surface area contributed by atoms with Crippen LogP contribution < -0.4 is 9.80 Å². The van der Waals surface area contributed by atoms with Crippen LogP contribution in [0.1, 0.15) is 12.8 Å². The van der Waals surface area contributed by atoms with Gasteiger partial charge in [0.15, 0.2) is 0 Å². The Labute approximate surface area is 363 Å². The molecule has 0 N–H and O–H groups in total. The van der Waals surface area contributed by atoms with Crippen molar-refractivity contribution in [2.75, 3.05) is 9.80 Å². The first-order valence-electron chi connectivity index (χ1n) is 21.6. The molecule has 0 spiro atoms. The SMILES string of the molecule is C1=CC(N(c2ccccc2)c2ccc(-c3c(-c4ccccc4)cc(-c4ccc(N(c5ccccc5)c5ccccc5)cc4)c4c5ccccc5c5ccccc5c34)cc2)=CCC1. The molecule has 0 aromatic heterocycles. The molecule has 0 heterocycles. The fourth-order valence-corrected chi connectivity index (χ4v) is 9.44. The maximum atomic E-state index is 2.46. The number of hydrogen-bond acceptors (Lipinski definition) is 2. The lowest BCUT2D eigenvalue weighted by molar-refractivity contribution is 0.997. The first kappa shape index (κ1) is 37.1. The fraction of sp³-hybridized carbons (Fsp3) is 0.0333. The van der Waals surface area contributed by atoms with Gasteiger partial charge in [-0.1, -0.05) is 170 Å². The fourth-order valence-electron chi connectivity index (χ4n) is 9.44. The van der Waals surface area contributed by atoms with E-state index >= 15 is 0 Å². The maximum absolute atomic E-state index is 2.46. The van der Waals surface area contributed by atoms with Gasteiger partial charge in [-0.05, 0) is 151 Å². The second kappa shape index (κ2) is 16.3. The molecule has 2 nitrogen and oxygen atoms in total. The Morgan fingerprint density at radius 3 is 1.26 bits per heavy atom. The molecule has 2 heteroatoms. The molecule has 0 saturated carbocycles. The topological polar surface area (TPSA) is 6.48 Å². The maximum Gasteiger partial charge on any atom is 0.0462 e. The summed E-state index contributed by atoms with van der Waals surface area (Å²) in [6, 6.07) is 81.7. The number of anilines is 5. The second-order valence-electron chi connectivity index (χ2n) is 15.9. The lowest BCUT2D eigenvalue weighted by Gasteiger charge is -2.28. The number of rotatable bonds is 9. The Morgan fingerprint density at radius 2 is 0.726 bits per heavy atom. The van der Waals surface area contributed by atoms with Crippen LogP contribution >= 0.6 is 0 Å². The van der Waals surface area contributed by atoms with E-state index in [1.165, 1.54) is 71.4 Å². The molecule has 0 aliphatic heterocycles. The summed E-state index contributed by atoms with van der Waals surface area (Å²) in [5.41, 5.74) is 14.0. The molecule has 11 rings (SSSR count). The van der Waals surface area contributed by atoms with E-state index in [0.717, 1.165) is 41.3 Å². The highest BCUT2D eigenvalue weighted by Gasteiger charge is 2.23. The Balaban J connectivity index is 1.16. The molecule has 0 bridgehead atoms. The Hall–Kier alpha value is -7.94. The van der Waals surface area contributed by atoms with Crippen LogP contribution in [0.4, 0.5) is 28.4 Å². The second-order valence-corrected chi connectivity index (χ2v) is 15.9. The van der Waals surface area contributed by atoms with Crippen molar-refractivity contribution in [3.8, 4) is 33.4 Å². The van der Waals surface area contributed by atoms with Gasteiger partial charge in [0.05, 0.1) is 0 Å². The summed E-state index contributed by atoms with van der Waals surface area (Å²) in [6.07, 6.45) is 9.00. The number of fused-ring (bicyclic) bond motifs is 6. The first-order chi connectivity index (χ1) is 30.8. The summed E-state index contributed by atoms with van der Waals surface area (Å²) < 4.78 is 0. The van der Waals surface area contributed by atoms with Crippen LogP contribution in [0.5, 0.6) is 0 Å². The van der Waals surface area contributed by atoms with Crippen LogP contribution in [0.15, 0.2) is 248 Å². The largest absolute Gasteiger partial charge is 0.311 e. The number of nitrogens with zero attached hydrogens (tertiary/aromatic N) is 2.